The molecule has 1 aromatic rings. The van der Waals surface area contributed by atoms with Crippen molar-refractivity contribution in [3.63, 3.8) is 0 Å². The minimum atomic E-state index is -0.968. The predicted molar refractivity (Wildman–Crippen MR) is 52.6 cm³/mol. The Balaban J connectivity index is 0.000000252. The second kappa shape index (κ2) is 6.20. The Kier molecular flexibility index (Phi) is 5.55. The fourth-order valence-corrected chi connectivity index (χ4v) is 0.637. The van der Waals surface area contributed by atoms with Crippen molar-refractivity contribution < 1.29 is 9.90 Å². The lowest BCUT2D eigenvalue weighted by molar-refractivity contribution is -0.135. The maximum Gasteiger partial charge on any atom is 0.317 e. The van der Waals surface area contributed by atoms with Crippen LogP contribution in [0.3, 0.4) is 0 Å². The van der Waals surface area contributed by atoms with Crippen LogP contribution in [0.5, 0.6) is 0 Å². The first-order chi connectivity index (χ1) is 6.06. The minimum absolute atomic E-state index is 0.278. The van der Waals surface area contributed by atoms with Gasteiger partial charge in [0.25, 0.3) is 0 Å². The Morgan fingerprint density at radius 3 is 1.62 bits per heavy atom. The van der Waals surface area contributed by atoms with Gasteiger partial charge in [-0.1, -0.05) is 35.4 Å². The highest BCUT2D eigenvalue weighted by atomic mass is 16.4. The molecule has 1 rings (SSSR count). The van der Waals surface area contributed by atoms with Gasteiger partial charge in [-0.15, -0.1) is 0 Å². The SMILES string of the molecule is Cc1ccc(C)cc1.NCC(=O)O. The fourth-order valence-electron chi connectivity index (χ4n) is 0.637. The lowest BCUT2D eigenvalue weighted by atomic mass is 10.2. The van der Waals surface area contributed by atoms with E-state index in [9.17, 15) is 4.79 Å². The van der Waals surface area contributed by atoms with Crippen molar-refractivity contribution in [3.05, 3.63) is 35.4 Å². The van der Waals surface area contributed by atoms with Crippen LogP contribution in [0, 0.1) is 13.8 Å². The number of benzene rings is 1. The van der Waals surface area contributed by atoms with Gasteiger partial charge in [-0.3, -0.25) is 4.79 Å². The van der Waals surface area contributed by atoms with Crippen molar-refractivity contribution in [2.24, 2.45) is 5.73 Å². The maximum absolute atomic E-state index is 9.24. The van der Waals surface area contributed by atoms with Gasteiger partial charge in [0.05, 0.1) is 6.54 Å². The van der Waals surface area contributed by atoms with E-state index in [-0.39, 0.29) is 6.54 Å². The van der Waals surface area contributed by atoms with E-state index in [1.165, 1.54) is 11.1 Å². The smallest absolute Gasteiger partial charge is 0.317 e. The molecule has 0 bridgehead atoms. The molecular formula is C10H15NO2. The molecule has 1 aromatic carbocycles. The third kappa shape index (κ3) is 7.03. The molecule has 0 aliphatic rings. The topological polar surface area (TPSA) is 63.3 Å². The van der Waals surface area contributed by atoms with E-state index in [0.717, 1.165) is 0 Å². The van der Waals surface area contributed by atoms with Gasteiger partial charge in [0.15, 0.2) is 0 Å². The summed E-state index contributed by atoms with van der Waals surface area (Å²) in [5, 5.41) is 7.60. The molecule has 0 fully saturated rings. The van der Waals surface area contributed by atoms with Crippen LogP contribution in [0.4, 0.5) is 0 Å². The summed E-state index contributed by atoms with van der Waals surface area (Å²) in [4.78, 5) is 9.24. The van der Waals surface area contributed by atoms with Crippen molar-refractivity contribution in [3.8, 4) is 0 Å². The molecule has 0 saturated carbocycles. The summed E-state index contributed by atoms with van der Waals surface area (Å²) in [6, 6.07) is 8.48. The van der Waals surface area contributed by atoms with Gasteiger partial charge >= 0.3 is 5.97 Å². The van der Waals surface area contributed by atoms with Crippen LogP contribution in [-0.4, -0.2) is 17.6 Å². The Bertz CT molecular complexity index is 233. The van der Waals surface area contributed by atoms with Crippen LogP contribution in [0.2, 0.25) is 0 Å². The summed E-state index contributed by atoms with van der Waals surface area (Å²) in [6.07, 6.45) is 0. The molecule has 0 saturated heterocycles. The van der Waals surface area contributed by atoms with E-state index in [1.807, 2.05) is 0 Å². The van der Waals surface area contributed by atoms with E-state index in [4.69, 9.17) is 5.11 Å². The normalized spacial score (nSPS) is 8.54. The van der Waals surface area contributed by atoms with Crippen molar-refractivity contribution >= 4 is 5.97 Å². The number of hydrogen-bond acceptors (Lipinski definition) is 2. The van der Waals surface area contributed by atoms with Gasteiger partial charge in [-0.05, 0) is 13.8 Å². The van der Waals surface area contributed by atoms with Crippen LogP contribution >= 0.6 is 0 Å². The third-order valence-electron chi connectivity index (χ3n) is 1.39. The van der Waals surface area contributed by atoms with Crippen LogP contribution in [0.1, 0.15) is 11.1 Å². The van der Waals surface area contributed by atoms with E-state index in [1.54, 1.807) is 0 Å². The van der Waals surface area contributed by atoms with E-state index < -0.39 is 5.97 Å². The Labute approximate surface area is 78.2 Å². The van der Waals surface area contributed by atoms with Gasteiger partial charge in [0.1, 0.15) is 0 Å². The molecule has 3 heteroatoms. The van der Waals surface area contributed by atoms with Crippen molar-refractivity contribution in [1.29, 1.82) is 0 Å². The Hall–Kier alpha value is -1.35. The lowest BCUT2D eigenvalue weighted by Crippen LogP contribution is -2.10. The second-order valence-electron chi connectivity index (χ2n) is 2.75. The molecule has 0 unspecified atom stereocenters. The predicted octanol–water partition coefficient (Wildman–Crippen LogP) is 1.33. The molecule has 3 nitrogen and oxygen atoms in total. The summed E-state index contributed by atoms with van der Waals surface area (Å²) in [5.41, 5.74) is 7.23. The third-order valence-corrected chi connectivity index (χ3v) is 1.39. The zero-order chi connectivity index (χ0) is 10.3. The van der Waals surface area contributed by atoms with Gasteiger partial charge in [-0.25, -0.2) is 0 Å². The second-order valence-corrected chi connectivity index (χ2v) is 2.75. The van der Waals surface area contributed by atoms with Gasteiger partial charge in [0, 0.05) is 0 Å². The highest BCUT2D eigenvalue weighted by Gasteiger charge is 1.81. The molecule has 13 heavy (non-hydrogen) atoms. The quantitative estimate of drug-likeness (QED) is 0.687. The summed E-state index contributed by atoms with van der Waals surface area (Å²) >= 11 is 0. The standard InChI is InChI=1S/C8H10.C2H5NO2/c1-7-3-5-8(2)6-4-7;3-1-2(4)5/h3-6H,1-2H3;1,3H2,(H,4,5). The summed E-state index contributed by atoms with van der Waals surface area (Å²) in [6.45, 7) is 3.92. The Morgan fingerprint density at radius 1 is 1.23 bits per heavy atom. The van der Waals surface area contributed by atoms with E-state index in [2.05, 4.69) is 43.8 Å². The average Bonchev–Trinajstić information content (AvgIpc) is 2.11. The summed E-state index contributed by atoms with van der Waals surface area (Å²) < 4.78 is 0. The van der Waals surface area contributed by atoms with Crippen LogP contribution < -0.4 is 5.73 Å². The molecule has 0 aromatic heterocycles. The molecule has 0 spiro atoms. The fraction of sp³-hybridized carbons (Fsp3) is 0.300. The largest absolute Gasteiger partial charge is 0.480 e. The lowest BCUT2D eigenvalue weighted by Gasteiger charge is -1.90. The molecule has 0 atom stereocenters. The summed E-state index contributed by atoms with van der Waals surface area (Å²) in [7, 11) is 0. The maximum atomic E-state index is 9.24. The van der Waals surface area contributed by atoms with Crippen LogP contribution in [0.25, 0.3) is 0 Å². The first-order valence-electron chi connectivity index (χ1n) is 4.01. The molecule has 3 N–H and O–H groups in total. The molecule has 0 heterocycles. The van der Waals surface area contributed by atoms with Crippen molar-refractivity contribution in [2.45, 2.75) is 13.8 Å². The zero-order valence-corrected chi connectivity index (χ0v) is 7.95. The van der Waals surface area contributed by atoms with Crippen LogP contribution in [-0.2, 0) is 4.79 Å². The van der Waals surface area contributed by atoms with Crippen molar-refractivity contribution in [2.75, 3.05) is 6.54 Å². The van der Waals surface area contributed by atoms with E-state index >= 15 is 0 Å². The molecular weight excluding hydrogens is 166 g/mol. The van der Waals surface area contributed by atoms with Gasteiger partial charge in [-0.2, -0.15) is 0 Å². The number of rotatable bonds is 1. The number of carbonyl (C=O) groups is 1. The molecule has 0 radical (unpaired) electrons. The van der Waals surface area contributed by atoms with Crippen LogP contribution in [0.15, 0.2) is 24.3 Å². The Morgan fingerprint density at radius 2 is 1.46 bits per heavy atom. The minimum Gasteiger partial charge on any atom is -0.480 e. The molecule has 72 valence electrons. The summed E-state index contributed by atoms with van der Waals surface area (Å²) in [5.74, 6) is -0.968. The number of hydrogen-bond donors (Lipinski definition) is 2. The first kappa shape index (κ1) is 11.6. The van der Waals surface area contributed by atoms with Gasteiger partial charge in [0.2, 0.25) is 0 Å². The highest BCUT2D eigenvalue weighted by Crippen LogP contribution is 1.99. The zero-order valence-electron chi connectivity index (χ0n) is 7.95. The highest BCUT2D eigenvalue weighted by molar-refractivity contribution is 5.68. The number of aryl methyl sites for hydroxylation is 2. The average molecular weight is 181 g/mol. The number of carboxylic acids is 1. The number of aliphatic carboxylic acids is 1. The number of carboxylic acid groups (broad SMARTS) is 1. The van der Waals surface area contributed by atoms with E-state index in [0.29, 0.717) is 0 Å². The molecule has 0 aliphatic carbocycles. The monoisotopic (exact) mass is 181 g/mol. The first-order valence-corrected chi connectivity index (χ1v) is 4.01. The van der Waals surface area contributed by atoms with Gasteiger partial charge < -0.3 is 10.8 Å². The number of nitrogens with two attached hydrogens (primary N) is 1. The molecule has 0 aliphatic heterocycles. The molecule has 0 amide bonds. The van der Waals surface area contributed by atoms with Crippen molar-refractivity contribution in [1.82, 2.24) is 0 Å².